The summed E-state index contributed by atoms with van der Waals surface area (Å²) in [4.78, 5) is 12.7. The van der Waals surface area contributed by atoms with Crippen LogP contribution < -0.4 is 9.47 Å². The lowest BCUT2D eigenvalue weighted by molar-refractivity contribution is 0.0905. The monoisotopic (exact) mass is 308 g/mol. The lowest BCUT2D eigenvalue weighted by Gasteiger charge is -2.26. The number of ether oxygens (including phenoxy) is 2. The summed E-state index contributed by atoms with van der Waals surface area (Å²) in [5.41, 5.74) is 0.657. The highest BCUT2D eigenvalue weighted by molar-refractivity contribution is 7.86. The molecule has 2 atom stereocenters. The van der Waals surface area contributed by atoms with Gasteiger partial charge in [0.05, 0.1) is 14.2 Å². The number of hydrogen-bond donors (Lipinski definition) is 0. The first-order chi connectivity index (χ1) is 10.1. The van der Waals surface area contributed by atoms with Gasteiger partial charge in [-0.05, 0) is 43.9 Å². The van der Waals surface area contributed by atoms with Crippen molar-refractivity contribution in [3.8, 4) is 11.5 Å². The zero-order valence-electron chi connectivity index (χ0n) is 12.3. The van der Waals surface area contributed by atoms with E-state index in [1.807, 2.05) is 0 Å². The first kappa shape index (κ1) is 14.6. The molecule has 0 aromatic heterocycles. The van der Waals surface area contributed by atoms with E-state index in [1.54, 1.807) is 32.4 Å². The van der Waals surface area contributed by atoms with Gasteiger partial charge < -0.3 is 9.47 Å². The maximum atomic E-state index is 12.7. The number of methoxy groups -OCH3 is 2. The van der Waals surface area contributed by atoms with Crippen molar-refractivity contribution in [2.45, 2.75) is 36.2 Å². The fourth-order valence-electron chi connectivity index (χ4n) is 3.47. The molecule has 2 aliphatic rings. The normalized spacial score (nSPS) is 31.0. The minimum atomic E-state index is -0.720. The van der Waals surface area contributed by atoms with Gasteiger partial charge in [0, 0.05) is 32.8 Å². The van der Waals surface area contributed by atoms with Crippen LogP contribution in [0.5, 0.6) is 11.5 Å². The van der Waals surface area contributed by atoms with Crippen LogP contribution in [0.4, 0.5) is 0 Å². The van der Waals surface area contributed by atoms with Crippen LogP contribution in [0.25, 0.3) is 0 Å². The first-order valence-electron chi connectivity index (χ1n) is 7.29. The number of fused-ring (bicyclic) bond motifs is 2. The number of hydrogen-bond acceptors (Lipinski definition) is 4. The molecule has 2 unspecified atom stereocenters. The number of Topliss-reactive ketones (excluding diaryl/α,β-unsaturated/α-hetero) is 1. The zero-order valence-corrected chi connectivity index (χ0v) is 13.2. The zero-order chi connectivity index (χ0) is 15.0. The van der Waals surface area contributed by atoms with E-state index in [1.165, 1.54) is 0 Å². The van der Waals surface area contributed by atoms with Crippen LogP contribution in [0.1, 0.15) is 36.0 Å². The van der Waals surface area contributed by atoms with Crippen LogP contribution in [-0.2, 0) is 10.8 Å². The van der Waals surface area contributed by atoms with Gasteiger partial charge >= 0.3 is 0 Å². The summed E-state index contributed by atoms with van der Waals surface area (Å²) in [5.74, 6) is 1.34. The average molecular weight is 308 g/mol. The van der Waals surface area contributed by atoms with E-state index in [0.29, 0.717) is 17.1 Å². The summed E-state index contributed by atoms with van der Waals surface area (Å²) >= 11 is 0. The molecule has 1 aromatic rings. The molecule has 0 radical (unpaired) electrons. The first-order valence-corrected chi connectivity index (χ1v) is 8.57. The average Bonchev–Trinajstić information content (AvgIpc) is 2.75. The molecule has 3 rings (SSSR count). The summed E-state index contributed by atoms with van der Waals surface area (Å²) < 4.78 is 22.5. The Balaban J connectivity index is 1.81. The molecule has 2 fully saturated rings. The maximum absolute atomic E-state index is 12.7. The molecule has 2 saturated heterocycles. The van der Waals surface area contributed by atoms with Gasteiger partial charge in [-0.15, -0.1) is 0 Å². The Morgan fingerprint density at radius 3 is 2.29 bits per heavy atom. The van der Waals surface area contributed by atoms with Crippen molar-refractivity contribution in [3.63, 3.8) is 0 Å². The number of carbonyl (C=O) groups is 1. The highest BCUT2D eigenvalue weighted by Gasteiger charge is 2.42. The molecule has 0 amide bonds. The Hall–Kier alpha value is -1.36. The molecule has 5 heteroatoms. The Bertz CT molecular complexity index is 568. The molecular formula is C16H20O4S. The molecule has 0 aliphatic carbocycles. The Kier molecular flexibility index (Phi) is 4.02. The number of ketones is 1. The highest BCUT2D eigenvalue weighted by atomic mass is 32.2. The third kappa shape index (κ3) is 2.59. The fraction of sp³-hybridized carbons (Fsp3) is 0.562. The van der Waals surface area contributed by atoms with E-state index in [9.17, 15) is 9.00 Å². The predicted octanol–water partition coefficient (Wildman–Crippen LogP) is 2.58. The molecular weight excluding hydrogens is 288 g/mol. The van der Waals surface area contributed by atoms with Crippen LogP contribution >= 0.6 is 0 Å². The van der Waals surface area contributed by atoms with Crippen molar-refractivity contribution in [1.29, 1.82) is 0 Å². The maximum Gasteiger partial charge on any atom is 0.166 e. The minimum absolute atomic E-state index is 0.00157. The Morgan fingerprint density at radius 1 is 1.10 bits per heavy atom. The van der Waals surface area contributed by atoms with E-state index in [2.05, 4.69) is 0 Å². The third-order valence-electron chi connectivity index (χ3n) is 4.60. The second-order valence-electron chi connectivity index (χ2n) is 5.75. The molecule has 2 aliphatic heterocycles. The molecule has 2 bridgehead atoms. The molecule has 1 aromatic carbocycles. The molecule has 0 N–H and O–H groups in total. The number of rotatable bonds is 4. The van der Waals surface area contributed by atoms with Crippen LogP contribution in [0, 0.1) is 5.92 Å². The van der Waals surface area contributed by atoms with Crippen molar-refractivity contribution >= 4 is 16.6 Å². The standard InChI is InChI=1S/C16H20O4S/c1-19-14-6-3-10(9-15(14)20-2)16(17)11-7-12-4-5-13(8-11)21(12)18/h3,6,9,11-13H,4-5,7-8H2,1-2H3. The SMILES string of the molecule is COc1ccc(C(=O)C2CC3CCC(C2)S3=O)cc1OC. The summed E-state index contributed by atoms with van der Waals surface area (Å²) in [6.07, 6.45) is 3.53. The second-order valence-corrected chi connectivity index (χ2v) is 7.74. The lowest BCUT2D eigenvalue weighted by Crippen LogP contribution is -2.32. The van der Waals surface area contributed by atoms with Gasteiger partial charge in [0.15, 0.2) is 17.3 Å². The number of carbonyl (C=O) groups excluding carboxylic acids is 1. The minimum Gasteiger partial charge on any atom is -0.493 e. The van der Waals surface area contributed by atoms with Gasteiger partial charge in [-0.25, -0.2) is 0 Å². The lowest BCUT2D eigenvalue weighted by atomic mass is 9.90. The van der Waals surface area contributed by atoms with E-state index in [0.717, 1.165) is 25.7 Å². The van der Waals surface area contributed by atoms with Crippen molar-refractivity contribution in [3.05, 3.63) is 23.8 Å². The highest BCUT2D eigenvalue weighted by Crippen LogP contribution is 2.40. The quantitative estimate of drug-likeness (QED) is 0.802. The van der Waals surface area contributed by atoms with Crippen molar-refractivity contribution in [2.24, 2.45) is 5.92 Å². The number of benzene rings is 1. The molecule has 0 spiro atoms. The molecule has 114 valence electrons. The third-order valence-corrected chi connectivity index (χ3v) is 6.77. The summed E-state index contributed by atoms with van der Waals surface area (Å²) in [6, 6.07) is 5.30. The van der Waals surface area contributed by atoms with Crippen LogP contribution in [0.2, 0.25) is 0 Å². The van der Waals surface area contributed by atoms with Crippen molar-refractivity contribution in [1.82, 2.24) is 0 Å². The van der Waals surface area contributed by atoms with Gasteiger partial charge in [0.1, 0.15) is 0 Å². The van der Waals surface area contributed by atoms with E-state index >= 15 is 0 Å². The predicted molar refractivity (Wildman–Crippen MR) is 81.6 cm³/mol. The Labute approximate surface area is 127 Å². The topological polar surface area (TPSA) is 52.6 Å². The second kappa shape index (κ2) is 5.79. The van der Waals surface area contributed by atoms with Gasteiger partial charge in [0.25, 0.3) is 0 Å². The fourth-order valence-corrected chi connectivity index (χ4v) is 5.60. The van der Waals surface area contributed by atoms with Crippen LogP contribution in [0.3, 0.4) is 0 Å². The largest absolute Gasteiger partial charge is 0.493 e. The van der Waals surface area contributed by atoms with Gasteiger partial charge in [0.2, 0.25) is 0 Å². The molecule has 0 saturated carbocycles. The molecule has 21 heavy (non-hydrogen) atoms. The van der Waals surface area contributed by atoms with Crippen molar-refractivity contribution in [2.75, 3.05) is 14.2 Å². The summed E-state index contributed by atoms with van der Waals surface area (Å²) in [6.45, 7) is 0. The molecule has 2 heterocycles. The van der Waals surface area contributed by atoms with Crippen molar-refractivity contribution < 1.29 is 18.5 Å². The van der Waals surface area contributed by atoms with Gasteiger partial charge in [-0.3, -0.25) is 9.00 Å². The molecule has 4 nitrogen and oxygen atoms in total. The Morgan fingerprint density at radius 2 is 1.71 bits per heavy atom. The van der Waals surface area contributed by atoms with Gasteiger partial charge in [-0.1, -0.05) is 0 Å². The smallest absolute Gasteiger partial charge is 0.166 e. The summed E-state index contributed by atoms with van der Waals surface area (Å²) in [7, 11) is 2.42. The van der Waals surface area contributed by atoms with Crippen LogP contribution in [-0.4, -0.2) is 34.7 Å². The summed E-state index contributed by atoms with van der Waals surface area (Å²) in [5, 5.41) is 0.440. The van der Waals surface area contributed by atoms with Crippen LogP contribution in [0.15, 0.2) is 18.2 Å². The van der Waals surface area contributed by atoms with E-state index < -0.39 is 10.8 Å². The van der Waals surface area contributed by atoms with E-state index in [4.69, 9.17) is 9.47 Å². The van der Waals surface area contributed by atoms with Gasteiger partial charge in [-0.2, -0.15) is 0 Å². The van der Waals surface area contributed by atoms with E-state index in [-0.39, 0.29) is 22.2 Å².